The lowest BCUT2D eigenvalue weighted by atomic mass is 9.90. The molecule has 4 aliphatic rings. The number of aromatic nitrogens is 2. The number of nitrogens with one attached hydrogen (secondary N) is 1. The topological polar surface area (TPSA) is 193 Å². The second-order valence-electron chi connectivity index (χ2n) is 19.6. The molecule has 4 aliphatic heterocycles. The molecule has 4 saturated heterocycles. The van der Waals surface area contributed by atoms with Crippen LogP contribution in [0.25, 0.3) is 10.8 Å². The molecule has 3 aromatic carbocycles. The van der Waals surface area contributed by atoms with Gasteiger partial charge in [-0.2, -0.15) is 5.10 Å². The first-order valence-electron chi connectivity index (χ1n) is 24.3. The summed E-state index contributed by atoms with van der Waals surface area (Å²) in [5.74, 6) is 0.808. The van der Waals surface area contributed by atoms with Crippen LogP contribution in [0, 0.1) is 5.82 Å². The standard InChI is InChI=1S/C52H66FN9O7/c1-52(2,3)69-51(66)62-19-7-9-37(33-62)36-8-6-10-40(30-36)68-41(32-54)31-47(55)59-22-17-39(18-23-59)67-38-15-20-58(21-16-38)34-48(63)60-24-26-61(27-25-60)50(65)44-28-35(13-14-45(44)53)29-46-42-11-4-5-12-43(42)49(64)57-56-46/h4-6,8,10-14,28,30-32,37-39H,7,9,15-27,29,33-34,54-55H2,1-3H3,(H,57,64)/b41-32+,47-31+. The lowest BCUT2D eigenvalue weighted by Crippen LogP contribution is -2.53. The summed E-state index contributed by atoms with van der Waals surface area (Å²) in [4.78, 5) is 61.5. The largest absolute Gasteiger partial charge is 0.456 e. The van der Waals surface area contributed by atoms with Gasteiger partial charge < -0.3 is 45.3 Å². The number of halogens is 1. The molecule has 17 heteroatoms. The van der Waals surface area contributed by atoms with Gasteiger partial charge in [0, 0.05) is 95.4 Å². The fraction of sp³-hybridized carbons (Fsp3) is 0.481. The van der Waals surface area contributed by atoms with Gasteiger partial charge in [0.05, 0.1) is 35.4 Å². The molecule has 0 aliphatic carbocycles. The van der Waals surface area contributed by atoms with E-state index in [2.05, 4.69) is 26.1 Å². The Bertz CT molecular complexity index is 2590. The quantitative estimate of drug-likeness (QED) is 0.117. The zero-order chi connectivity index (χ0) is 48.7. The highest BCUT2D eigenvalue weighted by molar-refractivity contribution is 5.95. The molecule has 5 heterocycles. The van der Waals surface area contributed by atoms with Crippen molar-refractivity contribution in [1.29, 1.82) is 0 Å². The van der Waals surface area contributed by atoms with Gasteiger partial charge in [-0.3, -0.25) is 19.3 Å². The van der Waals surface area contributed by atoms with Crippen LogP contribution in [-0.4, -0.2) is 142 Å². The normalized spacial score (nSPS) is 19.5. The molecule has 0 saturated carbocycles. The number of ether oxygens (including phenoxy) is 3. The van der Waals surface area contributed by atoms with Gasteiger partial charge in [0.2, 0.25) is 5.91 Å². The third kappa shape index (κ3) is 12.6. The number of likely N-dealkylation sites (tertiary alicyclic amines) is 3. The number of allylic oxidation sites excluding steroid dienone is 1. The summed E-state index contributed by atoms with van der Waals surface area (Å²) in [6.07, 6.45) is 8.62. The van der Waals surface area contributed by atoms with Gasteiger partial charge in [-0.1, -0.05) is 36.4 Å². The van der Waals surface area contributed by atoms with Crippen LogP contribution in [-0.2, 0) is 20.7 Å². The number of hydrogen-bond acceptors (Lipinski definition) is 12. The number of hydrogen-bond donors (Lipinski definition) is 3. The van der Waals surface area contributed by atoms with E-state index in [1.807, 2.05) is 51.1 Å². The maximum Gasteiger partial charge on any atom is 0.410 e. The molecular formula is C52H66FN9O7. The lowest BCUT2D eigenvalue weighted by molar-refractivity contribution is -0.135. The summed E-state index contributed by atoms with van der Waals surface area (Å²) in [7, 11) is 0. The second kappa shape index (κ2) is 21.9. The van der Waals surface area contributed by atoms with Crippen molar-refractivity contribution < 1.29 is 33.0 Å². The van der Waals surface area contributed by atoms with Crippen molar-refractivity contribution in [3.8, 4) is 5.75 Å². The number of aromatic amines is 1. The van der Waals surface area contributed by atoms with Crippen LogP contribution >= 0.6 is 0 Å². The van der Waals surface area contributed by atoms with E-state index >= 15 is 4.39 Å². The SMILES string of the molecule is CC(C)(C)OC(=O)N1CCCC(c2cccc(OC(=C/N)/C=C(\N)N3CCC(OC4CCN(CC(=O)N5CCN(C(=O)c6cc(Cc7n[nH]c(=O)c8ccccc78)ccc6F)CC5)CC4)CC3)c2)C1. The number of benzene rings is 3. The van der Waals surface area contributed by atoms with Crippen LogP contribution < -0.4 is 21.8 Å². The predicted molar refractivity (Wildman–Crippen MR) is 261 cm³/mol. The van der Waals surface area contributed by atoms with Crippen molar-refractivity contribution in [1.82, 2.24) is 34.7 Å². The monoisotopic (exact) mass is 948 g/mol. The average molecular weight is 948 g/mol. The zero-order valence-corrected chi connectivity index (χ0v) is 40.0. The molecule has 1 unspecified atom stereocenters. The fourth-order valence-electron chi connectivity index (χ4n) is 9.75. The number of fused-ring (bicyclic) bond motifs is 1. The molecule has 1 atom stereocenters. The summed E-state index contributed by atoms with van der Waals surface area (Å²) >= 11 is 0. The van der Waals surface area contributed by atoms with E-state index in [0.717, 1.165) is 70.3 Å². The Labute approximate surface area is 403 Å². The van der Waals surface area contributed by atoms with Crippen molar-refractivity contribution in [3.05, 3.63) is 129 Å². The second-order valence-corrected chi connectivity index (χ2v) is 19.6. The number of piperazine rings is 1. The molecule has 4 fully saturated rings. The van der Waals surface area contributed by atoms with E-state index in [-0.39, 0.29) is 41.2 Å². The first-order valence-corrected chi connectivity index (χ1v) is 24.3. The Morgan fingerprint density at radius 3 is 2.22 bits per heavy atom. The minimum atomic E-state index is -0.608. The molecule has 8 rings (SSSR count). The molecular weight excluding hydrogens is 882 g/mol. The Hall–Kier alpha value is -6.46. The van der Waals surface area contributed by atoms with Crippen molar-refractivity contribution in [2.45, 2.75) is 89.4 Å². The van der Waals surface area contributed by atoms with Crippen LogP contribution in [0.5, 0.6) is 5.75 Å². The molecule has 16 nitrogen and oxygen atoms in total. The lowest BCUT2D eigenvalue weighted by Gasteiger charge is -2.39. The maximum absolute atomic E-state index is 15.1. The highest BCUT2D eigenvalue weighted by atomic mass is 19.1. The Balaban J connectivity index is 0.738. The van der Waals surface area contributed by atoms with Crippen molar-refractivity contribution in [2.75, 3.05) is 72.0 Å². The van der Waals surface area contributed by atoms with Crippen LogP contribution in [0.15, 0.2) is 95.4 Å². The molecule has 5 N–H and O–H groups in total. The van der Waals surface area contributed by atoms with Gasteiger partial charge in [-0.05, 0) is 101 Å². The number of H-pyrrole nitrogens is 1. The molecule has 69 heavy (non-hydrogen) atoms. The van der Waals surface area contributed by atoms with Gasteiger partial charge in [-0.25, -0.2) is 14.3 Å². The van der Waals surface area contributed by atoms with Gasteiger partial charge >= 0.3 is 6.09 Å². The Morgan fingerprint density at radius 2 is 1.51 bits per heavy atom. The number of amides is 3. The van der Waals surface area contributed by atoms with Gasteiger partial charge in [0.15, 0.2) is 0 Å². The van der Waals surface area contributed by atoms with Gasteiger partial charge in [-0.15, -0.1) is 0 Å². The van der Waals surface area contributed by atoms with E-state index in [1.54, 1.807) is 45.0 Å². The third-order valence-electron chi connectivity index (χ3n) is 13.5. The van der Waals surface area contributed by atoms with Crippen molar-refractivity contribution >= 4 is 28.7 Å². The Kier molecular flexibility index (Phi) is 15.5. The summed E-state index contributed by atoms with van der Waals surface area (Å²) in [6, 6.07) is 19.5. The first kappa shape index (κ1) is 49.0. The zero-order valence-electron chi connectivity index (χ0n) is 40.0. The van der Waals surface area contributed by atoms with Gasteiger partial charge in [0.25, 0.3) is 11.5 Å². The smallest absolute Gasteiger partial charge is 0.410 e. The van der Waals surface area contributed by atoms with E-state index < -0.39 is 17.3 Å². The molecule has 0 radical (unpaired) electrons. The number of carbonyl (C=O) groups is 3. The predicted octanol–water partition coefficient (Wildman–Crippen LogP) is 5.68. The Morgan fingerprint density at radius 1 is 0.812 bits per heavy atom. The highest BCUT2D eigenvalue weighted by Gasteiger charge is 2.32. The van der Waals surface area contributed by atoms with E-state index in [0.29, 0.717) is 91.6 Å². The molecule has 0 spiro atoms. The summed E-state index contributed by atoms with van der Waals surface area (Å²) in [6.45, 7) is 11.6. The number of rotatable bonds is 12. The average Bonchev–Trinajstić information content (AvgIpc) is 3.35. The number of nitrogens with two attached hydrogens (primary N) is 2. The molecule has 4 aromatic rings. The van der Waals surface area contributed by atoms with Gasteiger partial charge in [0.1, 0.15) is 28.7 Å². The van der Waals surface area contributed by atoms with Crippen LogP contribution in [0.3, 0.4) is 0 Å². The third-order valence-corrected chi connectivity index (χ3v) is 13.5. The van der Waals surface area contributed by atoms with Crippen molar-refractivity contribution in [3.63, 3.8) is 0 Å². The first-order chi connectivity index (χ1) is 33.2. The van der Waals surface area contributed by atoms with Crippen LogP contribution in [0.4, 0.5) is 9.18 Å². The summed E-state index contributed by atoms with van der Waals surface area (Å²) in [5.41, 5.74) is 14.2. The number of carbonyl (C=O) groups excluding carboxylic acids is 3. The molecule has 3 amide bonds. The van der Waals surface area contributed by atoms with E-state index in [1.165, 1.54) is 12.3 Å². The minimum absolute atomic E-state index is 0.0208. The number of piperidine rings is 3. The minimum Gasteiger partial charge on any atom is -0.456 e. The van der Waals surface area contributed by atoms with Crippen molar-refractivity contribution in [2.24, 2.45) is 11.5 Å². The molecule has 1 aromatic heterocycles. The number of nitrogens with zero attached hydrogens (tertiary/aromatic N) is 6. The summed E-state index contributed by atoms with van der Waals surface area (Å²) < 4.78 is 33.5. The molecule has 0 bridgehead atoms. The highest BCUT2D eigenvalue weighted by Crippen LogP contribution is 2.31. The fourth-order valence-corrected chi connectivity index (χ4v) is 9.75. The van der Waals surface area contributed by atoms with E-state index in [4.69, 9.17) is 25.7 Å². The maximum atomic E-state index is 15.1. The molecule has 368 valence electrons. The van der Waals surface area contributed by atoms with Crippen LogP contribution in [0.2, 0.25) is 0 Å². The van der Waals surface area contributed by atoms with E-state index in [9.17, 15) is 19.2 Å². The summed E-state index contributed by atoms with van der Waals surface area (Å²) in [5, 5.41) is 7.98. The van der Waals surface area contributed by atoms with Crippen LogP contribution in [0.1, 0.15) is 92.4 Å².